The molecule has 0 saturated carbocycles. The average molecular weight is 396 g/mol. The summed E-state index contributed by atoms with van der Waals surface area (Å²) in [6, 6.07) is 0. The molecule has 2 atom stereocenters. The molecule has 2 unspecified atom stereocenters. The summed E-state index contributed by atoms with van der Waals surface area (Å²) in [7, 11) is 5.37. The van der Waals surface area contributed by atoms with Gasteiger partial charge in [0.25, 0.3) is 0 Å². The minimum Gasteiger partial charge on any atom is -0.356 e. The molecule has 1 fully saturated rings. The molecule has 20 heavy (non-hydrogen) atoms. The van der Waals surface area contributed by atoms with E-state index in [2.05, 4.69) is 29.1 Å². The van der Waals surface area contributed by atoms with Crippen molar-refractivity contribution in [1.82, 2.24) is 15.1 Å². The van der Waals surface area contributed by atoms with E-state index in [0.717, 1.165) is 19.0 Å². The standard InChI is InChI=1S/C14H28N4O.HI/c1-11-8-12(2)10-18(9-11)14(15-3)16-7-6-13(19)17(4)5;/h11-12H,6-10H2,1-5H3,(H,15,16);1H. The molecule has 1 N–H and O–H groups in total. The van der Waals surface area contributed by atoms with Gasteiger partial charge < -0.3 is 15.1 Å². The van der Waals surface area contributed by atoms with Crippen LogP contribution in [0.15, 0.2) is 4.99 Å². The Morgan fingerprint density at radius 2 is 1.85 bits per heavy atom. The fourth-order valence-electron chi connectivity index (χ4n) is 2.67. The van der Waals surface area contributed by atoms with Crippen molar-refractivity contribution in [2.24, 2.45) is 16.8 Å². The monoisotopic (exact) mass is 396 g/mol. The number of nitrogens with one attached hydrogen (secondary N) is 1. The van der Waals surface area contributed by atoms with Crippen molar-refractivity contribution in [2.75, 3.05) is 40.8 Å². The van der Waals surface area contributed by atoms with Gasteiger partial charge >= 0.3 is 0 Å². The van der Waals surface area contributed by atoms with Crippen molar-refractivity contribution in [2.45, 2.75) is 26.7 Å². The number of aliphatic imine (C=N–C) groups is 1. The molecule has 0 aromatic heterocycles. The second-order valence-corrected chi connectivity index (χ2v) is 5.86. The van der Waals surface area contributed by atoms with Crippen LogP contribution >= 0.6 is 24.0 Å². The molecule has 1 heterocycles. The number of rotatable bonds is 3. The lowest BCUT2D eigenvalue weighted by Crippen LogP contribution is -2.49. The van der Waals surface area contributed by atoms with Crippen LogP contribution in [0.5, 0.6) is 0 Å². The number of guanidine groups is 1. The molecule has 0 aliphatic carbocycles. The molecule has 1 rings (SSSR count). The highest BCUT2D eigenvalue weighted by Gasteiger charge is 2.23. The lowest BCUT2D eigenvalue weighted by Gasteiger charge is -2.37. The largest absolute Gasteiger partial charge is 0.356 e. The van der Waals surface area contributed by atoms with E-state index >= 15 is 0 Å². The molecule has 0 aromatic carbocycles. The Kier molecular flexibility index (Phi) is 9.16. The lowest BCUT2D eigenvalue weighted by molar-refractivity contribution is -0.128. The van der Waals surface area contributed by atoms with Crippen LogP contribution in [0.1, 0.15) is 26.7 Å². The van der Waals surface area contributed by atoms with Gasteiger partial charge in [-0.3, -0.25) is 9.79 Å². The molecule has 1 saturated heterocycles. The molecule has 118 valence electrons. The van der Waals surface area contributed by atoms with Crippen LogP contribution in [0.3, 0.4) is 0 Å². The molecule has 0 bridgehead atoms. The molecule has 0 aromatic rings. The molecule has 0 radical (unpaired) electrons. The Labute approximate surface area is 140 Å². The summed E-state index contributed by atoms with van der Waals surface area (Å²) < 4.78 is 0. The van der Waals surface area contributed by atoms with Gasteiger partial charge in [-0.05, 0) is 18.3 Å². The second-order valence-electron chi connectivity index (χ2n) is 5.86. The molecule has 6 heteroatoms. The maximum absolute atomic E-state index is 11.5. The third-order valence-electron chi connectivity index (χ3n) is 3.50. The zero-order chi connectivity index (χ0) is 14.4. The first kappa shape index (κ1) is 19.5. The Hall–Kier alpha value is -0.530. The minimum atomic E-state index is 0. The predicted octanol–water partition coefficient (Wildman–Crippen LogP) is 1.64. The van der Waals surface area contributed by atoms with E-state index in [0.29, 0.717) is 24.8 Å². The van der Waals surface area contributed by atoms with Gasteiger partial charge in [-0.15, -0.1) is 24.0 Å². The molecular formula is C14H29IN4O. The third kappa shape index (κ3) is 6.28. The zero-order valence-electron chi connectivity index (χ0n) is 13.3. The van der Waals surface area contributed by atoms with E-state index in [1.165, 1.54) is 6.42 Å². The van der Waals surface area contributed by atoms with Crippen molar-refractivity contribution >= 4 is 35.8 Å². The quantitative estimate of drug-likeness (QED) is 0.448. The number of likely N-dealkylation sites (tertiary alicyclic amines) is 1. The van der Waals surface area contributed by atoms with Crippen LogP contribution in [0.25, 0.3) is 0 Å². The van der Waals surface area contributed by atoms with Gasteiger partial charge in [0.2, 0.25) is 5.91 Å². The number of carbonyl (C=O) groups excluding carboxylic acids is 1. The number of nitrogens with zero attached hydrogens (tertiary/aromatic N) is 3. The van der Waals surface area contributed by atoms with Crippen molar-refractivity contribution in [3.8, 4) is 0 Å². The number of halogens is 1. The number of hydrogen-bond donors (Lipinski definition) is 1. The fourth-order valence-corrected chi connectivity index (χ4v) is 2.67. The Morgan fingerprint density at radius 3 is 2.30 bits per heavy atom. The number of hydrogen-bond acceptors (Lipinski definition) is 2. The predicted molar refractivity (Wildman–Crippen MR) is 94.6 cm³/mol. The van der Waals surface area contributed by atoms with Crippen LogP contribution in [0.4, 0.5) is 0 Å². The lowest BCUT2D eigenvalue weighted by atomic mass is 9.92. The number of piperidine rings is 1. The number of carbonyl (C=O) groups is 1. The Bertz CT molecular complexity index is 323. The van der Waals surface area contributed by atoms with Crippen molar-refractivity contribution in [3.63, 3.8) is 0 Å². The first-order valence-corrected chi connectivity index (χ1v) is 7.09. The van der Waals surface area contributed by atoms with Crippen LogP contribution in [-0.2, 0) is 4.79 Å². The highest BCUT2D eigenvalue weighted by molar-refractivity contribution is 14.0. The van der Waals surface area contributed by atoms with E-state index in [9.17, 15) is 4.79 Å². The molecule has 1 aliphatic rings. The minimum absolute atomic E-state index is 0. The third-order valence-corrected chi connectivity index (χ3v) is 3.50. The van der Waals surface area contributed by atoms with Gasteiger partial charge in [-0.2, -0.15) is 0 Å². The van der Waals surface area contributed by atoms with Gasteiger partial charge in [-0.25, -0.2) is 0 Å². The van der Waals surface area contributed by atoms with Gasteiger partial charge in [0.15, 0.2) is 5.96 Å². The van der Waals surface area contributed by atoms with E-state index < -0.39 is 0 Å². The van der Waals surface area contributed by atoms with Crippen LogP contribution in [0.2, 0.25) is 0 Å². The highest BCUT2D eigenvalue weighted by Crippen LogP contribution is 2.20. The van der Waals surface area contributed by atoms with Crippen LogP contribution < -0.4 is 5.32 Å². The summed E-state index contributed by atoms with van der Waals surface area (Å²) in [6.45, 7) is 7.30. The van der Waals surface area contributed by atoms with Gasteiger partial charge in [0, 0.05) is 47.2 Å². The van der Waals surface area contributed by atoms with E-state index in [1.54, 1.807) is 26.0 Å². The first-order valence-electron chi connectivity index (χ1n) is 7.09. The SMILES string of the molecule is CN=C(NCCC(=O)N(C)C)N1CC(C)CC(C)C1.I. The second kappa shape index (κ2) is 9.41. The smallest absolute Gasteiger partial charge is 0.223 e. The molecular weight excluding hydrogens is 367 g/mol. The van der Waals surface area contributed by atoms with E-state index in [-0.39, 0.29) is 29.9 Å². The van der Waals surface area contributed by atoms with Gasteiger partial charge in [-0.1, -0.05) is 13.8 Å². The highest BCUT2D eigenvalue weighted by atomic mass is 127. The summed E-state index contributed by atoms with van der Waals surface area (Å²) in [5.41, 5.74) is 0. The summed E-state index contributed by atoms with van der Waals surface area (Å²) >= 11 is 0. The maximum atomic E-state index is 11.5. The van der Waals surface area contributed by atoms with E-state index in [1.807, 2.05) is 0 Å². The zero-order valence-corrected chi connectivity index (χ0v) is 15.7. The summed E-state index contributed by atoms with van der Waals surface area (Å²) in [5, 5.41) is 3.29. The van der Waals surface area contributed by atoms with Gasteiger partial charge in [0.05, 0.1) is 0 Å². The molecule has 5 nitrogen and oxygen atoms in total. The molecule has 1 amide bonds. The average Bonchev–Trinajstić information content (AvgIpc) is 2.32. The van der Waals surface area contributed by atoms with Gasteiger partial charge in [0.1, 0.15) is 0 Å². The first-order chi connectivity index (χ1) is 8.93. The Balaban J connectivity index is 0.00000361. The number of amides is 1. The molecule has 1 aliphatic heterocycles. The maximum Gasteiger partial charge on any atom is 0.223 e. The van der Waals surface area contributed by atoms with Crippen LogP contribution in [0, 0.1) is 11.8 Å². The normalized spacial score (nSPS) is 23.1. The van der Waals surface area contributed by atoms with Crippen LogP contribution in [-0.4, -0.2) is 62.4 Å². The topological polar surface area (TPSA) is 47.9 Å². The summed E-state index contributed by atoms with van der Waals surface area (Å²) in [4.78, 5) is 19.8. The van der Waals surface area contributed by atoms with Crippen molar-refractivity contribution in [3.05, 3.63) is 0 Å². The summed E-state index contributed by atoms with van der Waals surface area (Å²) in [5.74, 6) is 2.46. The summed E-state index contributed by atoms with van der Waals surface area (Å²) in [6.07, 6.45) is 1.79. The van der Waals surface area contributed by atoms with Crippen molar-refractivity contribution in [1.29, 1.82) is 0 Å². The van der Waals surface area contributed by atoms with Crippen molar-refractivity contribution < 1.29 is 4.79 Å². The van der Waals surface area contributed by atoms with E-state index in [4.69, 9.17) is 0 Å². The Morgan fingerprint density at radius 1 is 1.30 bits per heavy atom. The fraction of sp³-hybridized carbons (Fsp3) is 0.857. The molecule has 0 spiro atoms.